The number of hydrogen-bond donors (Lipinski definition) is 0. The van der Waals surface area contributed by atoms with E-state index in [1.807, 2.05) is 20.9 Å². The van der Waals surface area contributed by atoms with Gasteiger partial charge in [-0.25, -0.2) is 0 Å². The van der Waals surface area contributed by atoms with Crippen molar-refractivity contribution in [3.63, 3.8) is 0 Å². The molecule has 0 aliphatic heterocycles. The first-order valence-electron chi connectivity index (χ1n) is 4.47. The van der Waals surface area contributed by atoms with E-state index in [1.165, 1.54) is 5.56 Å². The van der Waals surface area contributed by atoms with Crippen LogP contribution in [-0.4, -0.2) is 9.78 Å². The van der Waals surface area contributed by atoms with Crippen LogP contribution >= 0.6 is 0 Å². The lowest BCUT2D eigenvalue weighted by Crippen LogP contribution is -1.90. The summed E-state index contributed by atoms with van der Waals surface area (Å²) in [5.41, 5.74) is 3.85. The van der Waals surface area contributed by atoms with Crippen molar-refractivity contribution in [2.75, 3.05) is 0 Å². The Hall–Kier alpha value is -1.82. The van der Waals surface area contributed by atoms with E-state index in [-0.39, 0.29) is 0 Å². The molecule has 0 aliphatic carbocycles. The molecule has 0 amide bonds. The fourth-order valence-electron chi connectivity index (χ4n) is 1.84. The third kappa shape index (κ3) is 1.08. The quantitative estimate of drug-likeness (QED) is 0.630. The second-order valence-electron chi connectivity index (χ2n) is 3.56. The molecule has 0 atom stereocenters. The predicted octanol–water partition coefficient (Wildman–Crippen LogP) is 2.06. The lowest BCUT2D eigenvalue weighted by atomic mass is 10.1. The number of fused-ring (bicyclic) bond motifs is 1. The van der Waals surface area contributed by atoms with Crippen molar-refractivity contribution < 1.29 is 0 Å². The third-order valence-corrected chi connectivity index (χ3v) is 2.40. The fourth-order valence-corrected chi connectivity index (χ4v) is 1.84. The molecule has 0 N–H and O–H groups in total. The first-order valence-corrected chi connectivity index (χ1v) is 4.47. The summed E-state index contributed by atoms with van der Waals surface area (Å²) in [6.45, 7) is 4.06. The lowest BCUT2D eigenvalue weighted by molar-refractivity contribution is 0.791. The van der Waals surface area contributed by atoms with Crippen LogP contribution in [0, 0.1) is 25.2 Å². The zero-order valence-electron chi connectivity index (χ0n) is 8.50. The van der Waals surface area contributed by atoms with Crippen molar-refractivity contribution in [2.24, 2.45) is 7.05 Å². The Morgan fingerprint density at radius 1 is 1.36 bits per heavy atom. The van der Waals surface area contributed by atoms with Crippen LogP contribution in [0.1, 0.15) is 16.8 Å². The molecule has 2 rings (SSSR count). The van der Waals surface area contributed by atoms with E-state index in [0.717, 1.165) is 16.5 Å². The number of nitriles is 1. The number of aromatic nitrogens is 2. The second kappa shape index (κ2) is 2.85. The van der Waals surface area contributed by atoms with Crippen molar-refractivity contribution >= 4 is 10.9 Å². The first-order chi connectivity index (χ1) is 6.63. The van der Waals surface area contributed by atoms with E-state index in [1.54, 1.807) is 4.68 Å². The molecule has 70 valence electrons. The van der Waals surface area contributed by atoms with Gasteiger partial charge < -0.3 is 0 Å². The lowest BCUT2D eigenvalue weighted by Gasteiger charge is -1.99. The minimum Gasteiger partial charge on any atom is -0.267 e. The monoisotopic (exact) mass is 185 g/mol. The largest absolute Gasteiger partial charge is 0.267 e. The molecule has 1 aromatic carbocycles. The Kier molecular flexibility index (Phi) is 1.78. The van der Waals surface area contributed by atoms with Gasteiger partial charge in [-0.15, -0.1) is 0 Å². The standard InChI is InChI=1S/C11H11N3/c1-7-4-8(2)11-9(6-12)13-14(3)10(11)5-7/h4-5H,1-3H3. The van der Waals surface area contributed by atoms with Crippen LogP contribution < -0.4 is 0 Å². The van der Waals surface area contributed by atoms with Gasteiger partial charge in [-0.05, 0) is 31.0 Å². The summed E-state index contributed by atoms with van der Waals surface area (Å²) in [4.78, 5) is 0. The van der Waals surface area contributed by atoms with Crippen LogP contribution in [0.2, 0.25) is 0 Å². The van der Waals surface area contributed by atoms with Gasteiger partial charge in [0.2, 0.25) is 0 Å². The molecule has 3 heteroatoms. The second-order valence-corrected chi connectivity index (χ2v) is 3.56. The van der Waals surface area contributed by atoms with E-state index in [2.05, 4.69) is 23.3 Å². The zero-order chi connectivity index (χ0) is 10.3. The Balaban J connectivity index is 2.98. The Morgan fingerprint density at radius 2 is 2.07 bits per heavy atom. The summed E-state index contributed by atoms with van der Waals surface area (Å²) in [6, 6.07) is 6.25. The topological polar surface area (TPSA) is 41.6 Å². The summed E-state index contributed by atoms with van der Waals surface area (Å²) >= 11 is 0. The smallest absolute Gasteiger partial charge is 0.170 e. The normalized spacial score (nSPS) is 10.4. The Bertz CT molecular complexity index is 544. The van der Waals surface area contributed by atoms with Gasteiger partial charge >= 0.3 is 0 Å². The summed E-state index contributed by atoms with van der Waals surface area (Å²) in [7, 11) is 1.86. The summed E-state index contributed by atoms with van der Waals surface area (Å²) < 4.78 is 1.76. The van der Waals surface area contributed by atoms with E-state index < -0.39 is 0 Å². The van der Waals surface area contributed by atoms with Crippen molar-refractivity contribution in [3.8, 4) is 6.07 Å². The number of hydrogen-bond acceptors (Lipinski definition) is 2. The molecule has 0 saturated carbocycles. The Morgan fingerprint density at radius 3 is 2.71 bits per heavy atom. The first kappa shape index (κ1) is 8.76. The van der Waals surface area contributed by atoms with Crippen LogP contribution in [-0.2, 0) is 7.05 Å². The van der Waals surface area contributed by atoms with Crippen LogP contribution in [0.15, 0.2) is 12.1 Å². The van der Waals surface area contributed by atoms with Crippen LogP contribution in [0.25, 0.3) is 10.9 Å². The molecule has 0 spiro atoms. The van der Waals surface area contributed by atoms with Gasteiger partial charge in [0, 0.05) is 12.4 Å². The number of benzene rings is 1. The number of nitrogens with zero attached hydrogens (tertiary/aromatic N) is 3. The molecule has 0 aliphatic rings. The van der Waals surface area contributed by atoms with Gasteiger partial charge in [0.1, 0.15) is 6.07 Å². The van der Waals surface area contributed by atoms with Crippen molar-refractivity contribution in [1.29, 1.82) is 5.26 Å². The maximum Gasteiger partial charge on any atom is 0.170 e. The Labute approximate surface area is 82.6 Å². The highest BCUT2D eigenvalue weighted by Crippen LogP contribution is 2.22. The number of aryl methyl sites for hydroxylation is 3. The molecule has 14 heavy (non-hydrogen) atoms. The molecule has 1 heterocycles. The van der Waals surface area contributed by atoms with Crippen LogP contribution in [0.5, 0.6) is 0 Å². The molecule has 0 bridgehead atoms. The summed E-state index contributed by atoms with van der Waals surface area (Å²) in [6.07, 6.45) is 0. The molecule has 0 fully saturated rings. The number of rotatable bonds is 0. The van der Waals surface area contributed by atoms with Gasteiger partial charge in [-0.2, -0.15) is 10.4 Å². The molecular formula is C11H11N3. The van der Waals surface area contributed by atoms with E-state index >= 15 is 0 Å². The predicted molar refractivity (Wildman–Crippen MR) is 54.9 cm³/mol. The molecule has 0 radical (unpaired) electrons. The maximum atomic E-state index is 8.92. The minimum atomic E-state index is 0.514. The van der Waals surface area contributed by atoms with Gasteiger partial charge in [-0.3, -0.25) is 4.68 Å². The van der Waals surface area contributed by atoms with Crippen LogP contribution in [0.3, 0.4) is 0 Å². The van der Waals surface area contributed by atoms with Gasteiger partial charge in [-0.1, -0.05) is 6.07 Å². The fraction of sp³-hybridized carbons (Fsp3) is 0.273. The molecule has 0 unspecified atom stereocenters. The van der Waals surface area contributed by atoms with Gasteiger partial charge in [0.05, 0.1) is 5.52 Å². The van der Waals surface area contributed by atoms with Crippen LogP contribution in [0.4, 0.5) is 0 Å². The zero-order valence-corrected chi connectivity index (χ0v) is 8.50. The van der Waals surface area contributed by atoms with Crippen molar-refractivity contribution in [3.05, 3.63) is 29.0 Å². The van der Waals surface area contributed by atoms with Gasteiger partial charge in [0.25, 0.3) is 0 Å². The average Bonchev–Trinajstić information content (AvgIpc) is 2.43. The molecule has 3 nitrogen and oxygen atoms in total. The summed E-state index contributed by atoms with van der Waals surface area (Å²) in [5.74, 6) is 0. The van der Waals surface area contributed by atoms with Gasteiger partial charge in [0.15, 0.2) is 5.69 Å². The van der Waals surface area contributed by atoms with E-state index in [9.17, 15) is 0 Å². The molecule has 2 aromatic rings. The van der Waals surface area contributed by atoms with Crippen molar-refractivity contribution in [2.45, 2.75) is 13.8 Å². The minimum absolute atomic E-state index is 0.514. The van der Waals surface area contributed by atoms with Crippen molar-refractivity contribution in [1.82, 2.24) is 9.78 Å². The molecular weight excluding hydrogens is 174 g/mol. The average molecular weight is 185 g/mol. The van der Waals surface area contributed by atoms with E-state index in [0.29, 0.717) is 5.69 Å². The highest BCUT2D eigenvalue weighted by Gasteiger charge is 2.10. The molecule has 0 saturated heterocycles. The highest BCUT2D eigenvalue weighted by atomic mass is 15.3. The summed E-state index contributed by atoms with van der Waals surface area (Å²) in [5, 5.41) is 14.1. The maximum absolute atomic E-state index is 8.92. The highest BCUT2D eigenvalue weighted by molar-refractivity contribution is 5.87. The molecule has 1 aromatic heterocycles. The third-order valence-electron chi connectivity index (χ3n) is 2.40. The van der Waals surface area contributed by atoms with E-state index in [4.69, 9.17) is 5.26 Å². The SMILES string of the molecule is Cc1cc(C)c2c(C#N)nn(C)c2c1.